The zero-order valence-corrected chi connectivity index (χ0v) is 13.6. The molecule has 0 bridgehead atoms. The van der Waals surface area contributed by atoms with E-state index in [9.17, 15) is 15.0 Å². The van der Waals surface area contributed by atoms with Crippen molar-refractivity contribution in [1.82, 2.24) is 4.90 Å². The molecule has 6 heteroatoms. The molecule has 1 aliphatic carbocycles. The van der Waals surface area contributed by atoms with Crippen molar-refractivity contribution in [3.8, 4) is 5.75 Å². The lowest BCUT2D eigenvalue weighted by atomic mass is 9.93. The van der Waals surface area contributed by atoms with Crippen LogP contribution in [0.15, 0.2) is 12.1 Å². The first-order valence-electron chi connectivity index (χ1n) is 7.66. The molecule has 3 atom stereocenters. The predicted molar refractivity (Wildman–Crippen MR) is 85.5 cm³/mol. The highest BCUT2D eigenvalue weighted by atomic mass is 35.5. The molecule has 2 fully saturated rings. The van der Waals surface area contributed by atoms with E-state index in [1.807, 2.05) is 0 Å². The summed E-state index contributed by atoms with van der Waals surface area (Å²) in [4.78, 5) is 14.6. The van der Waals surface area contributed by atoms with Crippen LogP contribution in [0.5, 0.6) is 5.75 Å². The van der Waals surface area contributed by atoms with Gasteiger partial charge in [-0.25, -0.2) is 0 Å². The number of phenols is 1. The molecule has 0 radical (unpaired) electrons. The SMILES string of the molecule is O=C(c1ccc(Cl)c(Cl)c1O)N1CCCC1C1CCCC1O. The maximum Gasteiger partial charge on any atom is 0.257 e. The van der Waals surface area contributed by atoms with Gasteiger partial charge in [0.05, 0.1) is 16.7 Å². The summed E-state index contributed by atoms with van der Waals surface area (Å²) in [7, 11) is 0. The first-order chi connectivity index (χ1) is 10.5. The van der Waals surface area contributed by atoms with Crippen LogP contribution < -0.4 is 0 Å². The number of aliphatic hydroxyl groups excluding tert-OH is 1. The van der Waals surface area contributed by atoms with Crippen LogP contribution in [0, 0.1) is 5.92 Å². The van der Waals surface area contributed by atoms with E-state index in [4.69, 9.17) is 23.2 Å². The molecule has 1 saturated carbocycles. The van der Waals surface area contributed by atoms with E-state index in [2.05, 4.69) is 0 Å². The third kappa shape index (κ3) is 2.68. The van der Waals surface area contributed by atoms with Gasteiger partial charge in [-0.2, -0.15) is 0 Å². The van der Waals surface area contributed by atoms with Gasteiger partial charge in [-0.15, -0.1) is 0 Å². The molecule has 2 aliphatic rings. The number of phenolic OH excluding ortho intramolecular Hbond substituents is 1. The fourth-order valence-electron chi connectivity index (χ4n) is 3.77. The van der Waals surface area contributed by atoms with E-state index in [1.54, 1.807) is 4.90 Å². The first-order valence-corrected chi connectivity index (χ1v) is 8.42. The summed E-state index contributed by atoms with van der Waals surface area (Å²) < 4.78 is 0. The second-order valence-corrected chi connectivity index (χ2v) is 6.91. The van der Waals surface area contributed by atoms with Crippen molar-refractivity contribution < 1.29 is 15.0 Å². The highest BCUT2D eigenvalue weighted by molar-refractivity contribution is 6.43. The number of halogens is 2. The lowest BCUT2D eigenvalue weighted by molar-refractivity contribution is 0.0525. The third-order valence-electron chi connectivity index (χ3n) is 4.89. The lowest BCUT2D eigenvalue weighted by Crippen LogP contribution is -2.42. The highest BCUT2D eigenvalue weighted by Crippen LogP contribution is 2.39. The maximum absolute atomic E-state index is 12.8. The van der Waals surface area contributed by atoms with Crippen molar-refractivity contribution in [2.45, 2.75) is 44.2 Å². The van der Waals surface area contributed by atoms with Crippen LogP contribution in [0.1, 0.15) is 42.5 Å². The molecule has 1 aliphatic heterocycles. The van der Waals surface area contributed by atoms with Crippen LogP contribution in [-0.4, -0.2) is 39.7 Å². The van der Waals surface area contributed by atoms with Gasteiger partial charge in [0.2, 0.25) is 0 Å². The Kier molecular flexibility index (Phi) is 4.53. The van der Waals surface area contributed by atoms with Crippen LogP contribution in [-0.2, 0) is 0 Å². The van der Waals surface area contributed by atoms with Gasteiger partial charge in [-0.05, 0) is 37.8 Å². The Bertz CT molecular complexity index is 593. The Morgan fingerprint density at radius 3 is 2.64 bits per heavy atom. The molecule has 1 aromatic rings. The van der Waals surface area contributed by atoms with E-state index < -0.39 is 0 Å². The van der Waals surface area contributed by atoms with Crippen molar-refractivity contribution in [1.29, 1.82) is 0 Å². The summed E-state index contributed by atoms with van der Waals surface area (Å²) in [5.74, 6) is -0.370. The number of amides is 1. The molecule has 3 rings (SSSR count). The first kappa shape index (κ1) is 15.9. The van der Waals surface area contributed by atoms with Crippen LogP contribution in [0.25, 0.3) is 0 Å². The molecule has 0 spiro atoms. The number of hydrogen-bond donors (Lipinski definition) is 2. The molecule has 1 heterocycles. The minimum atomic E-state index is -0.333. The Morgan fingerprint density at radius 1 is 1.18 bits per heavy atom. The summed E-state index contributed by atoms with van der Waals surface area (Å²) in [5, 5.41) is 20.5. The van der Waals surface area contributed by atoms with Gasteiger partial charge in [-0.1, -0.05) is 29.6 Å². The number of nitrogens with zero attached hydrogens (tertiary/aromatic N) is 1. The maximum atomic E-state index is 12.8. The molecule has 1 saturated heterocycles. The normalized spacial score (nSPS) is 28.3. The minimum absolute atomic E-state index is 0.00386. The van der Waals surface area contributed by atoms with E-state index in [0.29, 0.717) is 6.54 Å². The zero-order chi connectivity index (χ0) is 15.9. The van der Waals surface area contributed by atoms with Gasteiger partial charge in [0.15, 0.2) is 0 Å². The smallest absolute Gasteiger partial charge is 0.257 e. The number of hydrogen-bond acceptors (Lipinski definition) is 3. The molecular weight excluding hydrogens is 325 g/mol. The van der Waals surface area contributed by atoms with Crippen molar-refractivity contribution in [2.24, 2.45) is 5.92 Å². The molecular formula is C16H19Cl2NO3. The van der Waals surface area contributed by atoms with E-state index in [0.717, 1.165) is 32.1 Å². The Morgan fingerprint density at radius 2 is 1.95 bits per heavy atom. The van der Waals surface area contributed by atoms with Crippen LogP contribution >= 0.6 is 23.2 Å². The quantitative estimate of drug-likeness (QED) is 0.864. The molecule has 4 nitrogen and oxygen atoms in total. The second kappa shape index (κ2) is 6.26. The van der Waals surface area contributed by atoms with Gasteiger partial charge in [0.25, 0.3) is 5.91 Å². The number of rotatable bonds is 2. The van der Waals surface area contributed by atoms with Crippen molar-refractivity contribution in [3.63, 3.8) is 0 Å². The number of carbonyl (C=O) groups excluding carboxylic acids is 1. The molecule has 1 amide bonds. The van der Waals surface area contributed by atoms with Crippen molar-refractivity contribution in [3.05, 3.63) is 27.7 Å². The number of aliphatic hydroxyl groups is 1. The molecule has 120 valence electrons. The molecule has 1 aromatic carbocycles. The molecule has 0 aromatic heterocycles. The fourth-order valence-corrected chi connectivity index (χ4v) is 4.09. The van der Waals surface area contributed by atoms with Crippen LogP contribution in [0.2, 0.25) is 10.0 Å². The number of benzene rings is 1. The minimum Gasteiger partial charge on any atom is -0.505 e. The average molecular weight is 344 g/mol. The van der Waals surface area contributed by atoms with E-state index in [-0.39, 0.29) is 45.3 Å². The van der Waals surface area contributed by atoms with Gasteiger partial charge in [-0.3, -0.25) is 4.79 Å². The van der Waals surface area contributed by atoms with Gasteiger partial charge in [0.1, 0.15) is 10.8 Å². The van der Waals surface area contributed by atoms with Crippen LogP contribution in [0.4, 0.5) is 0 Å². The number of carbonyl (C=O) groups is 1. The Hall–Kier alpha value is -0.970. The highest BCUT2D eigenvalue weighted by Gasteiger charge is 2.40. The summed E-state index contributed by atoms with van der Waals surface area (Å²) in [5.41, 5.74) is 0.175. The number of likely N-dealkylation sites (tertiary alicyclic amines) is 1. The Balaban J connectivity index is 1.86. The topological polar surface area (TPSA) is 60.8 Å². The molecule has 2 N–H and O–H groups in total. The van der Waals surface area contributed by atoms with Gasteiger partial charge in [0, 0.05) is 18.5 Å². The van der Waals surface area contributed by atoms with Crippen LogP contribution in [0.3, 0.4) is 0 Å². The van der Waals surface area contributed by atoms with Crippen molar-refractivity contribution in [2.75, 3.05) is 6.54 Å². The second-order valence-electron chi connectivity index (χ2n) is 6.13. The molecule has 3 unspecified atom stereocenters. The van der Waals surface area contributed by atoms with Gasteiger partial charge >= 0.3 is 0 Å². The fraction of sp³-hybridized carbons (Fsp3) is 0.562. The molecule has 22 heavy (non-hydrogen) atoms. The summed E-state index contributed by atoms with van der Waals surface area (Å²) >= 11 is 11.8. The average Bonchev–Trinajstić information content (AvgIpc) is 3.12. The van der Waals surface area contributed by atoms with Gasteiger partial charge < -0.3 is 15.1 Å². The lowest BCUT2D eigenvalue weighted by Gasteiger charge is -2.31. The largest absolute Gasteiger partial charge is 0.505 e. The zero-order valence-electron chi connectivity index (χ0n) is 12.1. The summed E-state index contributed by atoms with van der Waals surface area (Å²) in [6, 6.07) is 3.07. The van der Waals surface area contributed by atoms with Crippen molar-refractivity contribution >= 4 is 29.1 Å². The summed E-state index contributed by atoms with van der Waals surface area (Å²) in [6.45, 7) is 0.645. The van der Waals surface area contributed by atoms with E-state index >= 15 is 0 Å². The number of aromatic hydroxyl groups is 1. The predicted octanol–water partition coefficient (Wildman–Crippen LogP) is 3.46. The van der Waals surface area contributed by atoms with E-state index in [1.165, 1.54) is 12.1 Å². The summed E-state index contributed by atoms with van der Waals surface area (Å²) in [6.07, 6.45) is 4.24. The standard InChI is InChI=1S/C16H19Cl2NO3/c17-11-7-6-10(15(21)14(11)18)16(22)19-8-2-4-12(19)9-3-1-5-13(9)20/h6-7,9,12-13,20-21H,1-5,8H2. The Labute approximate surface area is 139 Å². The monoisotopic (exact) mass is 343 g/mol. The third-order valence-corrected chi connectivity index (χ3v) is 5.68.